The lowest BCUT2D eigenvalue weighted by Gasteiger charge is -2.22. The summed E-state index contributed by atoms with van der Waals surface area (Å²) in [4.78, 5) is 41.3. The van der Waals surface area contributed by atoms with Crippen molar-refractivity contribution in [2.24, 2.45) is 11.8 Å². The van der Waals surface area contributed by atoms with Crippen molar-refractivity contribution >= 4 is 28.6 Å². The Morgan fingerprint density at radius 3 is 2.45 bits per heavy atom. The summed E-state index contributed by atoms with van der Waals surface area (Å²) in [5.74, 6) is -2.23. The van der Waals surface area contributed by atoms with Gasteiger partial charge >= 0.3 is 11.9 Å². The number of benzene rings is 2. The second-order valence-corrected chi connectivity index (χ2v) is 8.98. The zero-order valence-corrected chi connectivity index (χ0v) is 19.2. The first-order valence-corrected chi connectivity index (χ1v) is 11.4. The van der Waals surface area contributed by atoms with Gasteiger partial charge in [-0.1, -0.05) is 62.4 Å². The second kappa shape index (κ2) is 9.61. The fraction of sp³-hybridized carbons (Fsp3) is 0.370. The summed E-state index contributed by atoms with van der Waals surface area (Å²) < 4.78 is 10.8. The average Bonchev–Trinajstić information content (AvgIpc) is 3.27. The minimum absolute atomic E-state index is 0.174. The van der Waals surface area contributed by atoms with Crippen LogP contribution in [-0.2, 0) is 30.3 Å². The molecule has 4 rings (SSSR count). The number of Topliss-reactive ketones (excluding diaryl/α,β-unsaturated/α-hetero) is 1. The molecule has 3 aromatic rings. The normalized spacial score (nSPS) is 19.2. The molecule has 0 saturated carbocycles. The molecule has 172 valence electrons. The van der Waals surface area contributed by atoms with Crippen molar-refractivity contribution in [3.8, 4) is 0 Å². The first-order chi connectivity index (χ1) is 15.9. The van der Waals surface area contributed by atoms with E-state index in [9.17, 15) is 14.4 Å². The maximum Gasteiger partial charge on any atom is 0.318 e. The zero-order valence-electron chi connectivity index (χ0n) is 19.2. The molecule has 0 bridgehead atoms. The summed E-state index contributed by atoms with van der Waals surface area (Å²) in [7, 11) is 0. The maximum atomic E-state index is 13.4. The SMILES string of the molecule is CC(=O)OCCc1c(C(c2ccccc2)C2C(=O)OC(CC(C)C)C2=O)[nH]c2ccccc12. The van der Waals surface area contributed by atoms with Gasteiger partial charge in [0.1, 0.15) is 5.92 Å². The van der Waals surface area contributed by atoms with Gasteiger partial charge in [-0.15, -0.1) is 0 Å². The minimum atomic E-state index is -0.934. The summed E-state index contributed by atoms with van der Waals surface area (Å²) >= 11 is 0. The molecular weight excluding hydrogens is 418 g/mol. The summed E-state index contributed by atoms with van der Waals surface area (Å²) in [6.45, 7) is 5.61. The molecule has 0 amide bonds. The molecule has 6 heteroatoms. The van der Waals surface area contributed by atoms with Crippen LogP contribution >= 0.6 is 0 Å². The average molecular weight is 448 g/mol. The van der Waals surface area contributed by atoms with Crippen LogP contribution < -0.4 is 0 Å². The number of rotatable bonds is 8. The molecule has 1 aromatic heterocycles. The van der Waals surface area contributed by atoms with Crippen molar-refractivity contribution in [2.45, 2.75) is 45.6 Å². The van der Waals surface area contributed by atoms with Gasteiger partial charge in [0, 0.05) is 35.9 Å². The van der Waals surface area contributed by atoms with Gasteiger partial charge in [-0.3, -0.25) is 14.4 Å². The fourth-order valence-corrected chi connectivity index (χ4v) is 4.72. The Bertz CT molecular complexity index is 1160. The van der Waals surface area contributed by atoms with Crippen LogP contribution in [0.3, 0.4) is 0 Å². The summed E-state index contributed by atoms with van der Waals surface area (Å²) in [5.41, 5.74) is 3.49. The Hall–Kier alpha value is -3.41. The number of carbonyl (C=O) groups excluding carboxylic acids is 3. The van der Waals surface area contributed by atoms with Crippen molar-refractivity contribution in [1.29, 1.82) is 0 Å². The highest BCUT2D eigenvalue weighted by Gasteiger charge is 2.49. The number of aromatic nitrogens is 1. The van der Waals surface area contributed by atoms with Crippen LogP contribution in [0, 0.1) is 11.8 Å². The molecule has 1 saturated heterocycles. The third-order valence-corrected chi connectivity index (χ3v) is 6.13. The molecule has 0 aliphatic carbocycles. The molecule has 1 fully saturated rings. The topological polar surface area (TPSA) is 85.5 Å². The lowest BCUT2D eigenvalue weighted by molar-refractivity contribution is -0.145. The quantitative estimate of drug-likeness (QED) is 0.404. The number of ketones is 1. The van der Waals surface area contributed by atoms with Crippen LogP contribution in [-0.4, -0.2) is 35.4 Å². The Morgan fingerprint density at radius 2 is 1.76 bits per heavy atom. The van der Waals surface area contributed by atoms with Crippen LogP contribution in [0.1, 0.15) is 49.9 Å². The number of hydrogen-bond acceptors (Lipinski definition) is 5. The number of para-hydroxylation sites is 1. The molecular formula is C27H29NO5. The van der Waals surface area contributed by atoms with Gasteiger partial charge in [-0.2, -0.15) is 0 Å². The predicted molar refractivity (Wildman–Crippen MR) is 125 cm³/mol. The molecule has 2 aromatic carbocycles. The molecule has 1 aliphatic heterocycles. The lowest BCUT2D eigenvalue weighted by atomic mass is 9.79. The lowest BCUT2D eigenvalue weighted by Crippen LogP contribution is -2.28. The summed E-state index contributed by atoms with van der Waals surface area (Å²) in [6.07, 6.45) is 0.255. The first-order valence-electron chi connectivity index (χ1n) is 11.4. The van der Waals surface area contributed by atoms with Gasteiger partial charge < -0.3 is 14.5 Å². The number of ether oxygens (including phenoxy) is 2. The molecule has 0 radical (unpaired) electrons. The number of esters is 2. The molecule has 1 aliphatic rings. The predicted octanol–water partition coefficient (Wildman–Crippen LogP) is 4.56. The van der Waals surface area contributed by atoms with Crippen LogP contribution in [0.2, 0.25) is 0 Å². The molecule has 3 atom stereocenters. The van der Waals surface area contributed by atoms with Crippen molar-refractivity contribution in [3.05, 3.63) is 71.4 Å². The third kappa shape index (κ3) is 4.70. The highest BCUT2D eigenvalue weighted by Crippen LogP contribution is 2.41. The number of H-pyrrole nitrogens is 1. The van der Waals surface area contributed by atoms with E-state index in [0.29, 0.717) is 12.8 Å². The van der Waals surface area contributed by atoms with E-state index in [0.717, 1.165) is 27.7 Å². The van der Waals surface area contributed by atoms with Gasteiger partial charge in [0.25, 0.3) is 0 Å². The van der Waals surface area contributed by atoms with Crippen molar-refractivity contribution in [1.82, 2.24) is 4.98 Å². The van der Waals surface area contributed by atoms with E-state index in [-0.39, 0.29) is 24.3 Å². The largest absolute Gasteiger partial charge is 0.466 e. The molecule has 33 heavy (non-hydrogen) atoms. The maximum absolute atomic E-state index is 13.4. The van der Waals surface area contributed by atoms with Crippen LogP contribution in [0.25, 0.3) is 10.9 Å². The Labute approximate surface area is 193 Å². The van der Waals surface area contributed by atoms with E-state index >= 15 is 0 Å². The van der Waals surface area contributed by atoms with Crippen LogP contribution in [0.15, 0.2) is 54.6 Å². The minimum Gasteiger partial charge on any atom is -0.466 e. The summed E-state index contributed by atoms with van der Waals surface area (Å²) in [5, 5.41) is 0.984. The van der Waals surface area contributed by atoms with Gasteiger partial charge in [0.2, 0.25) is 0 Å². The van der Waals surface area contributed by atoms with Gasteiger partial charge in [0.15, 0.2) is 11.9 Å². The third-order valence-electron chi connectivity index (χ3n) is 6.13. The smallest absolute Gasteiger partial charge is 0.318 e. The Balaban J connectivity index is 1.83. The Morgan fingerprint density at radius 1 is 1.06 bits per heavy atom. The van der Waals surface area contributed by atoms with E-state index in [1.807, 2.05) is 68.4 Å². The number of carbonyl (C=O) groups is 3. The molecule has 0 spiro atoms. The number of nitrogens with one attached hydrogen (secondary N) is 1. The van der Waals surface area contributed by atoms with Crippen molar-refractivity contribution in [2.75, 3.05) is 6.61 Å². The monoisotopic (exact) mass is 447 g/mol. The standard InChI is InChI=1S/C27H29NO5/c1-16(2)15-22-26(30)24(27(31)33-22)23(18-9-5-4-6-10-18)25-20(13-14-32-17(3)29)19-11-7-8-12-21(19)28-25/h4-12,16,22-24,28H,13-15H2,1-3H3. The van der Waals surface area contributed by atoms with Crippen LogP contribution in [0.4, 0.5) is 0 Å². The molecule has 2 heterocycles. The van der Waals surface area contributed by atoms with E-state index in [2.05, 4.69) is 4.98 Å². The molecule has 6 nitrogen and oxygen atoms in total. The second-order valence-electron chi connectivity index (χ2n) is 8.98. The highest BCUT2D eigenvalue weighted by atomic mass is 16.6. The molecule has 3 unspecified atom stereocenters. The van der Waals surface area contributed by atoms with Gasteiger partial charge in [-0.25, -0.2) is 0 Å². The van der Waals surface area contributed by atoms with Gasteiger partial charge in [0.05, 0.1) is 6.61 Å². The number of aromatic amines is 1. The van der Waals surface area contributed by atoms with Crippen LogP contribution in [0.5, 0.6) is 0 Å². The summed E-state index contributed by atoms with van der Waals surface area (Å²) in [6, 6.07) is 17.4. The van der Waals surface area contributed by atoms with Crippen molar-refractivity contribution < 1.29 is 23.9 Å². The van der Waals surface area contributed by atoms with E-state index < -0.39 is 23.9 Å². The highest BCUT2D eigenvalue weighted by molar-refractivity contribution is 6.08. The van der Waals surface area contributed by atoms with Gasteiger partial charge in [-0.05, 0) is 29.5 Å². The Kier molecular flexibility index (Phi) is 6.63. The fourth-order valence-electron chi connectivity index (χ4n) is 4.72. The molecule has 1 N–H and O–H groups in total. The van der Waals surface area contributed by atoms with Crippen molar-refractivity contribution in [3.63, 3.8) is 0 Å². The van der Waals surface area contributed by atoms with E-state index in [4.69, 9.17) is 9.47 Å². The number of cyclic esters (lactones) is 1. The zero-order chi connectivity index (χ0) is 23.5. The number of fused-ring (bicyclic) bond motifs is 1. The number of hydrogen-bond donors (Lipinski definition) is 1. The van der Waals surface area contributed by atoms with E-state index in [1.54, 1.807) is 0 Å². The van der Waals surface area contributed by atoms with E-state index in [1.165, 1.54) is 6.92 Å². The first kappa shape index (κ1) is 22.8.